The van der Waals surface area contributed by atoms with Crippen molar-refractivity contribution in [1.29, 1.82) is 0 Å². The molecule has 0 N–H and O–H groups in total. The van der Waals surface area contributed by atoms with Crippen LogP contribution >= 0.6 is 22.9 Å². The minimum atomic E-state index is -5.43. The third kappa shape index (κ3) is 4.94. The molecule has 3 atom stereocenters. The van der Waals surface area contributed by atoms with Gasteiger partial charge >= 0.3 is 15.5 Å². The molecule has 7 rings (SSSR count). The van der Waals surface area contributed by atoms with Crippen LogP contribution in [-0.4, -0.2) is 49.8 Å². The van der Waals surface area contributed by atoms with E-state index in [1.165, 1.54) is 0 Å². The number of aromatic nitrogens is 4. The maximum absolute atomic E-state index is 13.6. The Labute approximate surface area is 255 Å². The van der Waals surface area contributed by atoms with E-state index in [-0.39, 0.29) is 24.8 Å². The van der Waals surface area contributed by atoms with Crippen LogP contribution in [-0.2, 0) is 10.0 Å². The van der Waals surface area contributed by atoms with Gasteiger partial charge in [-0.1, -0.05) is 29.8 Å². The van der Waals surface area contributed by atoms with E-state index >= 15 is 0 Å². The standard InChI is InChI=1S/C30H25ClF3N5O2S2/c31-21-6-3-18(4-7-21)27(29-36-12-13-42-29)19-5-10-25-26(14-19)38(28(37-25)20-2-1-11-35-17-20)24-15-22-8-9-23(16-24)39(22)43(40,41)30(32,33)34/h1-7,10-14,17,22-24,27H,8-9,15-16H2. The Balaban J connectivity index is 1.36. The van der Waals surface area contributed by atoms with Crippen molar-refractivity contribution in [2.75, 3.05) is 0 Å². The molecule has 3 aromatic heterocycles. The number of hydrogen-bond donors (Lipinski definition) is 0. The van der Waals surface area contributed by atoms with E-state index in [4.69, 9.17) is 16.6 Å². The van der Waals surface area contributed by atoms with Gasteiger partial charge in [0.25, 0.3) is 0 Å². The van der Waals surface area contributed by atoms with Crippen LogP contribution in [0.2, 0.25) is 5.02 Å². The molecular formula is C30H25ClF3N5O2S2. The minimum Gasteiger partial charge on any atom is -0.321 e. The lowest BCUT2D eigenvalue weighted by Gasteiger charge is -2.39. The Hall–Kier alpha value is -3.32. The Morgan fingerprint density at radius 3 is 2.30 bits per heavy atom. The highest BCUT2D eigenvalue weighted by atomic mass is 35.5. The van der Waals surface area contributed by atoms with Gasteiger partial charge in [-0.25, -0.2) is 18.4 Å². The molecule has 2 aliphatic rings. The van der Waals surface area contributed by atoms with Gasteiger partial charge in [0, 0.05) is 52.7 Å². The van der Waals surface area contributed by atoms with E-state index in [0.717, 1.165) is 37.0 Å². The molecule has 2 fully saturated rings. The summed E-state index contributed by atoms with van der Waals surface area (Å²) in [6.45, 7) is 0. The molecule has 7 nitrogen and oxygen atoms in total. The Morgan fingerprint density at radius 1 is 0.953 bits per heavy atom. The van der Waals surface area contributed by atoms with Crippen LogP contribution < -0.4 is 0 Å². The van der Waals surface area contributed by atoms with Crippen molar-refractivity contribution in [2.45, 2.75) is 55.2 Å². The summed E-state index contributed by atoms with van der Waals surface area (Å²) >= 11 is 7.74. The highest BCUT2D eigenvalue weighted by Gasteiger charge is 2.58. The summed E-state index contributed by atoms with van der Waals surface area (Å²) in [6, 6.07) is 15.7. The van der Waals surface area contributed by atoms with Crippen LogP contribution in [0.1, 0.15) is 53.8 Å². The molecule has 0 amide bonds. The maximum atomic E-state index is 13.6. The van der Waals surface area contributed by atoms with Gasteiger partial charge in [-0.15, -0.1) is 11.3 Å². The van der Waals surface area contributed by atoms with Crippen LogP contribution in [0.5, 0.6) is 0 Å². The first kappa shape index (κ1) is 28.5. The van der Waals surface area contributed by atoms with Gasteiger partial charge in [0.1, 0.15) is 10.8 Å². The number of benzene rings is 2. The minimum absolute atomic E-state index is 0.179. The van der Waals surface area contributed by atoms with E-state index in [1.54, 1.807) is 29.9 Å². The summed E-state index contributed by atoms with van der Waals surface area (Å²) in [5.41, 5.74) is -1.01. The molecule has 2 aliphatic heterocycles. The molecule has 5 heterocycles. The number of piperidine rings is 1. The molecule has 13 heteroatoms. The van der Waals surface area contributed by atoms with Gasteiger partial charge in [-0.3, -0.25) is 4.98 Å². The summed E-state index contributed by atoms with van der Waals surface area (Å²) in [7, 11) is -5.43. The number of sulfonamides is 1. The number of thiazole rings is 1. The molecule has 5 aromatic rings. The summed E-state index contributed by atoms with van der Waals surface area (Å²) in [4.78, 5) is 13.9. The fraction of sp³-hybridized carbons (Fsp3) is 0.300. The lowest BCUT2D eigenvalue weighted by atomic mass is 9.91. The van der Waals surface area contributed by atoms with E-state index in [1.807, 2.05) is 53.9 Å². The van der Waals surface area contributed by atoms with Gasteiger partial charge in [-0.2, -0.15) is 17.5 Å². The number of rotatable bonds is 6. The van der Waals surface area contributed by atoms with Crippen LogP contribution in [0.4, 0.5) is 13.2 Å². The maximum Gasteiger partial charge on any atom is 0.511 e. The monoisotopic (exact) mass is 643 g/mol. The molecule has 43 heavy (non-hydrogen) atoms. The average Bonchev–Trinajstić information content (AvgIpc) is 3.71. The molecule has 2 aromatic carbocycles. The van der Waals surface area contributed by atoms with Crippen molar-refractivity contribution in [3.05, 3.63) is 99.7 Å². The van der Waals surface area contributed by atoms with E-state index < -0.39 is 27.6 Å². The molecule has 3 unspecified atom stereocenters. The zero-order valence-corrected chi connectivity index (χ0v) is 24.9. The van der Waals surface area contributed by atoms with Crippen LogP contribution in [0.15, 0.2) is 78.6 Å². The van der Waals surface area contributed by atoms with Crippen molar-refractivity contribution in [2.24, 2.45) is 0 Å². The molecular weight excluding hydrogens is 619 g/mol. The number of nitrogens with zero attached hydrogens (tertiary/aromatic N) is 5. The van der Waals surface area contributed by atoms with Crippen molar-refractivity contribution in [1.82, 2.24) is 23.8 Å². The first-order valence-electron chi connectivity index (χ1n) is 13.8. The first-order chi connectivity index (χ1) is 20.6. The van der Waals surface area contributed by atoms with Gasteiger partial charge in [0.15, 0.2) is 0 Å². The zero-order chi connectivity index (χ0) is 29.9. The summed E-state index contributed by atoms with van der Waals surface area (Å²) in [6.07, 6.45) is 6.43. The number of hydrogen-bond acceptors (Lipinski definition) is 6. The number of fused-ring (bicyclic) bond motifs is 3. The predicted molar refractivity (Wildman–Crippen MR) is 159 cm³/mol. The van der Waals surface area contributed by atoms with Crippen molar-refractivity contribution < 1.29 is 21.6 Å². The normalized spacial score (nSPS) is 21.8. The van der Waals surface area contributed by atoms with Crippen molar-refractivity contribution in [3.8, 4) is 11.4 Å². The van der Waals surface area contributed by atoms with Gasteiger partial charge in [0.05, 0.1) is 17.0 Å². The predicted octanol–water partition coefficient (Wildman–Crippen LogP) is 7.41. The molecule has 0 spiro atoms. The Bertz CT molecular complexity index is 1870. The van der Waals surface area contributed by atoms with Crippen LogP contribution in [0, 0.1) is 0 Å². The average molecular weight is 644 g/mol. The second-order valence-corrected chi connectivity index (χ2v) is 14.1. The van der Waals surface area contributed by atoms with E-state index in [9.17, 15) is 21.6 Å². The number of halogens is 4. The van der Waals surface area contributed by atoms with Crippen molar-refractivity contribution in [3.63, 3.8) is 0 Å². The lowest BCUT2D eigenvalue weighted by Crippen LogP contribution is -2.51. The highest BCUT2D eigenvalue weighted by molar-refractivity contribution is 7.90. The topological polar surface area (TPSA) is 81.0 Å². The second-order valence-electron chi connectivity index (χ2n) is 10.9. The fourth-order valence-electron chi connectivity index (χ4n) is 6.70. The molecule has 222 valence electrons. The number of pyridine rings is 1. The van der Waals surface area contributed by atoms with Crippen LogP contribution in [0.25, 0.3) is 22.4 Å². The molecule has 2 bridgehead atoms. The third-order valence-corrected chi connectivity index (χ3v) is 11.3. The highest BCUT2D eigenvalue weighted by Crippen LogP contribution is 2.47. The van der Waals surface area contributed by atoms with Crippen LogP contribution in [0.3, 0.4) is 0 Å². The van der Waals surface area contributed by atoms with E-state index in [0.29, 0.717) is 23.7 Å². The molecule has 2 saturated heterocycles. The summed E-state index contributed by atoms with van der Waals surface area (Å²) in [5.74, 6) is 0.468. The smallest absolute Gasteiger partial charge is 0.321 e. The Kier molecular flexibility index (Phi) is 7.07. The third-order valence-electron chi connectivity index (χ3n) is 8.44. The van der Waals surface area contributed by atoms with Crippen molar-refractivity contribution >= 4 is 44.0 Å². The Morgan fingerprint density at radius 2 is 1.67 bits per heavy atom. The van der Waals surface area contributed by atoms with Gasteiger partial charge < -0.3 is 4.57 Å². The number of alkyl halides is 3. The van der Waals surface area contributed by atoms with Gasteiger partial charge in [-0.05, 0) is 73.2 Å². The zero-order valence-electron chi connectivity index (χ0n) is 22.5. The lowest BCUT2D eigenvalue weighted by molar-refractivity contribution is -0.0517. The second kappa shape index (κ2) is 10.7. The molecule has 0 radical (unpaired) electrons. The molecule has 0 saturated carbocycles. The van der Waals surface area contributed by atoms with Gasteiger partial charge in [0.2, 0.25) is 0 Å². The summed E-state index contributed by atoms with van der Waals surface area (Å²) in [5, 5.41) is 3.47. The quantitative estimate of drug-likeness (QED) is 0.193. The SMILES string of the molecule is O=S(=O)(N1C2CCC1CC(n1c(-c3cccnc3)nc3ccc(C(c4ccc(Cl)cc4)c4nccs4)cc31)C2)C(F)(F)F. The largest absolute Gasteiger partial charge is 0.511 e. The van der Waals surface area contributed by atoms with E-state index in [2.05, 4.69) is 20.6 Å². The number of imidazole rings is 1. The summed E-state index contributed by atoms with van der Waals surface area (Å²) < 4.78 is 68.6. The molecule has 0 aliphatic carbocycles. The first-order valence-corrected chi connectivity index (χ1v) is 16.5. The fourth-order valence-corrected chi connectivity index (χ4v) is 9.02.